The quantitative estimate of drug-likeness (QED) is 0.881. The summed E-state index contributed by atoms with van der Waals surface area (Å²) in [6, 6.07) is 12.0. The SMILES string of the molecule is CC(N)C(OCCc1ccccn1)c1ccccc1F. The van der Waals surface area contributed by atoms with Crippen LogP contribution < -0.4 is 5.73 Å². The molecule has 0 fully saturated rings. The van der Waals surface area contributed by atoms with Crippen LogP contribution >= 0.6 is 0 Å². The highest BCUT2D eigenvalue weighted by atomic mass is 19.1. The summed E-state index contributed by atoms with van der Waals surface area (Å²) < 4.78 is 19.6. The van der Waals surface area contributed by atoms with E-state index >= 15 is 0 Å². The van der Waals surface area contributed by atoms with Crippen LogP contribution in [0.1, 0.15) is 24.3 Å². The number of rotatable bonds is 6. The van der Waals surface area contributed by atoms with Crippen LogP contribution in [0.5, 0.6) is 0 Å². The Labute approximate surface area is 118 Å². The fourth-order valence-corrected chi connectivity index (χ4v) is 2.07. The van der Waals surface area contributed by atoms with Crippen molar-refractivity contribution in [3.05, 3.63) is 65.7 Å². The van der Waals surface area contributed by atoms with Gasteiger partial charge >= 0.3 is 0 Å². The van der Waals surface area contributed by atoms with Crippen molar-refractivity contribution in [2.45, 2.75) is 25.5 Å². The lowest BCUT2D eigenvalue weighted by Crippen LogP contribution is -2.28. The lowest BCUT2D eigenvalue weighted by atomic mass is 10.0. The minimum absolute atomic E-state index is 0.282. The van der Waals surface area contributed by atoms with Crippen molar-refractivity contribution in [3.8, 4) is 0 Å². The normalized spacial score (nSPS) is 13.9. The van der Waals surface area contributed by atoms with E-state index in [1.54, 1.807) is 24.4 Å². The molecule has 0 bridgehead atoms. The molecule has 2 rings (SSSR count). The van der Waals surface area contributed by atoms with E-state index in [1.165, 1.54) is 6.07 Å². The van der Waals surface area contributed by atoms with Crippen LogP contribution in [0.2, 0.25) is 0 Å². The molecule has 0 aliphatic rings. The molecule has 0 aliphatic heterocycles. The Morgan fingerprint density at radius 3 is 2.60 bits per heavy atom. The fourth-order valence-electron chi connectivity index (χ4n) is 2.07. The summed E-state index contributed by atoms with van der Waals surface area (Å²) in [6.07, 6.45) is 1.98. The van der Waals surface area contributed by atoms with Crippen molar-refractivity contribution in [2.75, 3.05) is 6.61 Å². The summed E-state index contributed by atoms with van der Waals surface area (Å²) in [4.78, 5) is 4.23. The third kappa shape index (κ3) is 3.85. The summed E-state index contributed by atoms with van der Waals surface area (Å²) in [5.74, 6) is -0.285. The van der Waals surface area contributed by atoms with E-state index < -0.39 is 6.10 Å². The molecule has 2 N–H and O–H groups in total. The van der Waals surface area contributed by atoms with Gasteiger partial charge in [0.2, 0.25) is 0 Å². The van der Waals surface area contributed by atoms with Gasteiger partial charge in [-0.2, -0.15) is 0 Å². The highest BCUT2D eigenvalue weighted by Crippen LogP contribution is 2.23. The third-order valence-electron chi connectivity index (χ3n) is 3.07. The van der Waals surface area contributed by atoms with Gasteiger partial charge in [0, 0.05) is 29.9 Å². The van der Waals surface area contributed by atoms with E-state index in [-0.39, 0.29) is 11.9 Å². The summed E-state index contributed by atoms with van der Waals surface area (Å²) >= 11 is 0. The number of pyridine rings is 1. The maximum Gasteiger partial charge on any atom is 0.129 e. The maximum atomic E-state index is 13.8. The molecule has 106 valence electrons. The largest absolute Gasteiger partial charge is 0.371 e. The van der Waals surface area contributed by atoms with Gasteiger partial charge in [0.1, 0.15) is 11.9 Å². The monoisotopic (exact) mass is 274 g/mol. The number of aromatic nitrogens is 1. The molecule has 2 aromatic rings. The lowest BCUT2D eigenvalue weighted by molar-refractivity contribution is 0.0376. The Bertz CT molecular complexity index is 531. The van der Waals surface area contributed by atoms with Crippen molar-refractivity contribution in [1.82, 2.24) is 4.98 Å². The van der Waals surface area contributed by atoms with Gasteiger partial charge in [-0.25, -0.2) is 4.39 Å². The molecular weight excluding hydrogens is 255 g/mol. The molecule has 3 nitrogen and oxygen atoms in total. The first-order valence-corrected chi connectivity index (χ1v) is 6.70. The molecule has 0 spiro atoms. The van der Waals surface area contributed by atoms with Gasteiger partial charge in [0.15, 0.2) is 0 Å². The minimum Gasteiger partial charge on any atom is -0.371 e. The standard InChI is InChI=1S/C16H19FN2O/c1-12(18)16(14-7-2-3-8-15(14)17)20-11-9-13-6-4-5-10-19-13/h2-8,10,12,16H,9,11,18H2,1H3. The molecule has 0 radical (unpaired) electrons. The third-order valence-corrected chi connectivity index (χ3v) is 3.07. The predicted molar refractivity (Wildman–Crippen MR) is 76.7 cm³/mol. The van der Waals surface area contributed by atoms with Crippen LogP contribution in [0.15, 0.2) is 48.7 Å². The van der Waals surface area contributed by atoms with Crippen LogP contribution in [-0.4, -0.2) is 17.6 Å². The number of hydrogen-bond acceptors (Lipinski definition) is 3. The molecule has 20 heavy (non-hydrogen) atoms. The molecule has 1 heterocycles. The smallest absolute Gasteiger partial charge is 0.129 e. The highest BCUT2D eigenvalue weighted by Gasteiger charge is 2.20. The number of nitrogens with zero attached hydrogens (tertiary/aromatic N) is 1. The molecule has 1 aromatic carbocycles. The molecule has 2 atom stereocenters. The highest BCUT2D eigenvalue weighted by molar-refractivity contribution is 5.21. The van der Waals surface area contributed by atoms with Crippen molar-refractivity contribution in [2.24, 2.45) is 5.73 Å². The van der Waals surface area contributed by atoms with Crippen LogP contribution in [0.3, 0.4) is 0 Å². The topological polar surface area (TPSA) is 48.1 Å². The Balaban J connectivity index is 1.99. The first-order chi connectivity index (χ1) is 9.68. The second-order valence-corrected chi connectivity index (χ2v) is 4.74. The molecule has 1 aromatic heterocycles. The second kappa shape index (κ2) is 7.12. The number of nitrogens with two attached hydrogens (primary N) is 1. The zero-order chi connectivity index (χ0) is 14.4. The van der Waals surface area contributed by atoms with Gasteiger partial charge in [-0.1, -0.05) is 24.3 Å². The average Bonchev–Trinajstić information content (AvgIpc) is 2.45. The number of benzene rings is 1. The van der Waals surface area contributed by atoms with Crippen molar-refractivity contribution >= 4 is 0 Å². The maximum absolute atomic E-state index is 13.8. The van der Waals surface area contributed by atoms with Gasteiger partial charge in [0.05, 0.1) is 6.61 Å². The van der Waals surface area contributed by atoms with Gasteiger partial charge in [0.25, 0.3) is 0 Å². The van der Waals surface area contributed by atoms with Crippen LogP contribution in [0.4, 0.5) is 4.39 Å². The number of halogens is 1. The molecule has 2 unspecified atom stereocenters. The summed E-state index contributed by atoms with van der Waals surface area (Å²) in [5.41, 5.74) is 7.36. The zero-order valence-corrected chi connectivity index (χ0v) is 11.5. The van der Waals surface area contributed by atoms with Gasteiger partial charge in [-0.05, 0) is 25.1 Å². The first kappa shape index (κ1) is 14.6. The van der Waals surface area contributed by atoms with Crippen LogP contribution in [0, 0.1) is 5.82 Å². The Hall–Kier alpha value is -1.78. The number of ether oxygens (including phenoxy) is 1. The molecular formula is C16H19FN2O. The van der Waals surface area contributed by atoms with E-state index in [0.29, 0.717) is 18.6 Å². The summed E-state index contributed by atoms with van der Waals surface area (Å²) in [6.45, 7) is 2.27. The lowest BCUT2D eigenvalue weighted by Gasteiger charge is -2.22. The molecule has 4 heteroatoms. The van der Waals surface area contributed by atoms with Crippen molar-refractivity contribution in [1.29, 1.82) is 0 Å². The van der Waals surface area contributed by atoms with E-state index in [9.17, 15) is 4.39 Å². The zero-order valence-electron chi connectivity index (χ0n) is 11.5. The second-order valence-electron chi connectivity index (χ2n) is 4.74. The van der Waals surface area contributed by atoms with E-state index in [1.807, 2.05) is 25.1 Å². The van der Waals surface area contributed by atoms with Crippen molar-refractivity contribution in [3.63, 3.8) is 0 Å². The Kier molecular flexibility index (Phi) is 5.21. The molecule has 0 amide bonds. The van der Waals surface area contributed by atoms with E-state index in [2.05, 4.69) is 4.98 Å². The fraction of sp³-hybridized carbons (Fsp3) is 0.312. The van der Waals surface area contributed by atoms with E-state index in [0.717, 1.165) is 5.69 Å². The number of hydrogen-bond donors (Lipinski definition) is 1. The van der Waals surface area contributed by atoms with Gasteiger partial charge < -0.3 is 10.5 Å². The molecule has 0 saturated carbocycles. The average molecular weight is 274 g/mol. The summed E-state index contributed by atoms with van der Waals surface area (Å²) in [7, 11) is 0. The Morgan fingerprint density at radius 1 is 1.20 bits per heavy atom. The Morgan fingerprint density at radius 2 is 1.95 bits per heavy atom. The van der Waals surface area contributed by atoms with Crippen LogP contribution in [-0.2, 0) is 11.2 Å². The minimum atomic E-state index is -0.445. The van der Waals surface area contributed by atoms with Crippen molar-refractivity contribution < 1.29 is 9.13 Å². The predicted octanol–water partition coefficient (Wildman–Crippen LogP) is 2.87. The first-order valence-electron chi connectivity index (χ1n) is 6.70. The summed E-state index contributed by atoms with van der Waals surface area (Å²) in [5, 5.41) is 0. The van der Waals surface area contributed by atoms with Gasteiger partial charge in [-0.3, -0.25) is 4.98 Å². The van der Waals surface area contributed by atoms with Crippen LogP contribution in [0.25, 0.3) is 0 Å². The molecule has 0 saturated heterocycles. The van der Waals surface area contributed by atoms with Gasteiger partial charge in [-0.15, -0.1) is 0 Å². The molecule has 0 aliphatic carbocycles. The van der Waals surface area contributed by atoms with E-state index in [4.69, 9.17) is 10.5 Å².